The average molecular weight is 308 g/mol. The van der Waals surface area contributed by atoms with Gasteiger partial charge in [0.1, 0.15) is 5.69 Å². The van der Waals surface area contributed by atoms with E-state index in [2.05, 4.69) is 15.3 Å². The standard InChI is InChI=1S/C15H18ClN3O2/c1-17-12(8-10-5-4-6-11(16)7-10)14-15(21-3)19-13(20-2)9-18-14/h4-7,9,12,17H,8H2,1-3H3. The topological polar surface area (TPSA) is 56.3 Å². The normalized spacial score (nSPS) is 12.0. The third kappa shape index (κ3) is 3.83. The van der Waals surface area contributed by atoms with Gasteiger partial charge >= 0.3 is 0 Å². The van der Waals surface area contributed by atoms with Crippen molar-refractivity contribution in [3.05, 3.63) is 46.7 Å². The molecule has 2 rings (SSSR count). The van der Waals surface area contributed by atoms with Crippen LogP contribution in [0.4, 0.5) is 0 Å². The smallest absolute Gasteiger partial charge is 0.240 e. The van der Waals surface area contributed by atoms with E-state index in [1.54, 1.807) is 20.4 Å². The van der Waals surface area contributed by atoms with Crippen molar-refractivity contribution in [2.24, 2.45) is 0 Å². The zero-order chi connectivity index (χ0) is 15.2. The van der Waals surface area contributed by atoms with E-state index in [-0.39, 0.29) is 6.04 Å². The zero-order valence-electron chi connectivity index (χ0n) is 12.3. The number of hydrogen-bond acceptors (Lipinski definition) is 5. The summed E-state index contributed by atoms with van der Waals surface area (Å²) in [6.07, 6.45) is 2.31. The number of methoxy groups -OCH3 is 2. The molecule has 1 unspecified atom stereocenters. The summed E-state index contributed by atoms with van der Waals surface area (Å²) in [5, 5.41) is 3.95. The molecular formula is C15H18ClN3O2. The quantitative estimate of drug-likeness (QED) is 0.889. The fraction of sp³-hybridized carbons (Fsp3) is 0.333. The van der Waals surface area contributed by atoms with E-state index < -0.39 is 0 Å². The summed E-state index contributed by atoms with van der Waals surface area (Å²) >= 11 is 6.03. The number of likely N-dealkylation sites (N-methyl/N-ethyl adjacent to an activating group) is 1. The third-order valence-corrected chi connectivity index (χ3v) is 3.39. The molecule has 0 bridgehead atoms. The van der Waals surface area contributed by atoms with E-state index in [4.69, 9.17) is 21.1 Å². The lowest BCUT2D eigenvalue weighted by Crippen LogP contribution is -2.21. The maximum absolute atomic E-state index is 6.03. The third-order valence-electron chi connectivity index (χ3n) is 3.15. The summed E-state index contributed by atoms with van der Waals surface area (Å²) in [7, 11) is 4.99. The molecule has 0 aliphatic carbocycles. The molecule has 2 aromatic rings. The van der Waals surface area contributed by atoms with Gasteiger partial charge in [-0.05, 0) is 31.2 Å². The summed E-state index contributed by atoms with van der Waals surface area (Å²) in [5.74, 6) is 0.879. The molecule has 1 N–H and O–H groups in total. The number of halogens is 1. The zero-order valence-corrected chi connectivity index (χ0v) is 13.0. The maximum Gasteiger partial charge on any atom is 0.240 e. The summed E-state index contributed by atoms with van der Waals surface area (Å²) in [6.45, 7) is 0. The largest absolute Gasteiger partial charge is 0.480 e. The molecule has 1 heterocycles. The summed E-state index contributed by atoms with van der Waals surface area (Å²) in [6, 6.07) is 7.72. The predicted octanol–water partition coefficient (Wildman–Crippen LogP) is 2.65. The Balaban J connectivity index is 2.28. The van der Waals surface area contributed by atoms with Crippen LogP contribution >= 0.6 is 11.6 Å². The molecule has 21 heavy (non-hydrogen) atoms. The van der Waals surface area contributed by atoms with Crippen molar-refractivity contribution in [2.75, 3.05) is 21.3 Å². The Labute approximate surface area is 129 Å². The van der Waals surface area contributed by atoms with Crippen molar-refractivity contribution in [1.82, 2.24) is 15.3 Å². The van der Waals surface area contributed by atoms with Crippen LogP contribution in [0.15, 0.2) is 30.5 Å². The van der Waals surface area contributed by atoms with Crippen molar-refractivity contribution < 1.29 is 9.47 Å². The van der Waals surface area contributed by atoms with Crippen LogP contribution in [0.1, 0.15) is 17.3 Å². The second-order valence-electron chi connectivity index (χ2n) is 4.48. The monoisotopic (exact) mass is 307 g/mol. The fourth-order valence-corrected chi connectivity index (χ4v) is 2.30. The van der Waals surface area contributed by atoms with Gasteiger partial charge in [0.05, 0.1) is 26.5 Å². The highest BCUT2D eigenvalue weighted by Crippen LogP contribution is 2.26. The first-order valence-corrected chi connectivity index (χ1v) is 6.92. The molecule has 6 heteroatoms. The number of nitrogens with one attached hydrogen (secondary N) is 1. The molecule has 1 aromatic carbocycles. The van der Waals surface area contributed by atoms with Crippen molar-refractivity contribution in [2.45, 2.75) is 12.5 Å². The lowest BCUT2D eigenvalue weighted by atomic mass is 10.0. The highest BCUT2D eigenvalue weighted by Gasteiger charge is 2.19. The molecule has 0 radical (unpaired) electrons. The van der Waals surface area contributed by atoms with E-state index in [9.17, 15) is 0 Å². The Morgan fingerprint density at radius 1 is 1.29 bits per heavy atom. The molecular weight excluding hydrogens is 290 g/mol. The molecule has 0 spiro atoms. The summed E-state index contributed by atoms with van der Waals surface area (Å²) in [5.41, 5.74) is 1.85. The van der Waals surface area contributed by atoms with Gasteiger partial charge in [0, 0.05) is 5.02 Å². The van der Waals surface area contributed by atoms with Crippen LogP contribution < -0.4 is 14.8 Å². The van der Waals surface area contributed by atoms with Crippen molar-refractivity contribution in [3.63, 3.8) is 0 Å². The number of rotatable bonds is 6. The first-order valence-electron chi connectivity index (χ1n) is 6.54. The van der Waals surface area contributed by atoms with Gasteiger partial charge in [-0.3, -0.25) is 0 Å². The minimum atomic E-state index is -0.0307. The van der Waals surface area contributed by atoms with Gasteiger partial charge in [0.2, 0.25) is 11.8 Å². The van der Waals surface area contributed by atoms with E-state index in [0.29, 0.717) is 11.8 Å². The van der Waals surface area contributed by atoms with Gasteiger partial charge in [-0.15, -0.1) is 0 Å². The van der Waals surface area contributed by atoms with Crippen molar-refractivity contribution in [3.8, 4) is 11.8 Å². The molecule has 1 atom stereocenters. The number of hydrogen-bond donors (Lipinski definition) is 1. The number of aromatic nitrogens is 2. The van der Waals surface area contributed by atoms with Crippen LogP contribution in [-0.4, -0.2) is 31.2 Å². The first-order chi connectivity index (χ1) is 10.2. The van der Waals surface area contributed by atoms with Gasteiger partial charge < -0.3 is 14.8 Å². The molecule has 0 aliphatic heterocycles. The lowest BCUT2D eigenvalue weighted by molar-refractivity contribution is 0.350. The molecule has 1 aromatic heterocycles. The molecule has 112 valence electrons. The Morgan fingerprint density at radius 2 is 2.10 bits per heavy atom. The Hall–Kier alpha value is -1.85. The highest BCUT2D eigenvalue weighted by atomic mass is 35.5. The van der Waals surface area contributed by atoms with Gasteiger partial charge in [-0.25, -0.2) is 4.98 Å². The van der Waals surface area contributed by atoms with Crippen molar-refractivity contribution >= 4 is 11.6 Å². The lowest BCUT2D eigenvalue weighted by Gasteiger charge is -2.18. The molecule has 0 amide bonds. The molecule has 5 nitrogen and oxygen atoms in total. The number of nitrogens with zero attached hydrogens (tertiary/aromatic N) is 2. The van der Waals surface area contributed by atoms with E-state index in [0.717, 1.165) is 22.7 Å². The van der Waals surface area contributed by atoms with E-state index in [1.165, 1.54) is 0 Å². The molecule has 0 fully saturated rings. The average Bonchev–Trinajstić information content (AvgIpc) is 2.52. The molecule has 0 saturated carbocycles. The number of ether oxygens (including phenoxy) is 2. The Kier molecular flexibility index (Phi) is 5.36. The second-order valence-corrected chi connectivity index (χ2v) is 4.92. The van der Waals surface area contributed by atoms with Crippen LogP contribution in [0, 0.1) is 0 Å². The molecule has 0 saturated heterocycles. The Bertz CT molecular complexity index is 607. The van der Waals surface area contributed by atoms with Gasteiger partial charge in [0.25, 0.3) is 0 Å². The van der Waals surface area contributed by atoms with Crippen LogP contribution in [0.5, 0.6) is 11.8 Å². The number of benzene rings is 1. The minimum absolute atomic E-state index is 0.0307. The predicted molar refractivity (Wildman–Crippen MR) is 82.1 cm³/mol. The van der Waals surface area contributed by atoms with Crippen LogP contribution in [0.25, 0.3) is 0 Å². The Morgan fingerprint density at radius 3 is 2.71 bits per heavy atom. The van der Waals surface area contributed by atoms with Gasteiger partial charge in [-0.2, -0.15) is 4.98 Å². The van der Waals surface area contributed by atoms with E-state index in [1.807, 2.05) is 31.3 Å². The fourth-order valence-electron chi connectivity index (χ4n) is 2.09. The maximum atomic E-state index is 6.03. The van der Waals surface area contributed by atoms with Crippen LogP contribution in [0.2, 0.25) is 5.02 Å². The van der Waals surface area contributed by atoms with Crippen molar-refractivity contribution in [1.29, 1.82) is 0 Å². The van der Waals surface area contributed by atoms with Crippen LogP contribution in [-0.2, 0) is 6.42 Å². The SMILES string of the molecule is CNC(Cc1cccc(Cl)c1)c1ncc(OC)nc1OC. The molecule has 0 aliphatic rings. The van der Waals surface area contributed by atoms with Gasteiger partial charge in [0.15, 0.2) is 0 Å². The van der Waals surface area contributed by atoms with E-state index >= 15 is 0 Å². The summed E-state index contributed by atoms with van der Waals surface area (Å²) in [4.78, 5) is 8.67. The first kappa shape index (κ1) is 15.5. The minimum Gasteiger partial charge on any atom is -0.480 e. The second kappa shape index (κ2) is 7.24. The highest BCUT2D eigenvalue weighted by molar-refractivity contribution is 6.30. The van der Waals surface area contributed by atoms with Gasteiger partial charge in [-0.1, -0.05) is 23.7 Å². The summed E-state index contributed by atoms with van der Waals surface area (Å²) < 4.78 is 10.4. The van der Waals surface area contributed by atoms with Crippen LogP contribution in [0.3, 0.4) is 0 Å².